The van der Waals surface area contributed by atoms with Crippen molar-refractivity contribution in [2.45, 2.75) is 18.9 Å². The number of amides is 3. The van der Waals surface area contributed by atoms with Gasteiger partial charge in [-0.25, -0.2) is 4.39 Å². The Kier molecular flexibility index (Phi) is 3.94. The zero-order valence-corrected chi connectivity index (χ0v) is 11.3. The van der Waals surface area contributed by atoms with Crippen LogP contribution in [-0.4, -0.2) is 23.8 Å². The van der Waals surface area contributed by atoms with Crippen molar-refractivity contribution < 1.29 is 18.8 Å². The Labute approximate surface area is 116 Å². The average Bonchev–Trinajstić information content (AvgIpc) is 2.36. The summed E-state index contributed by atoms with van der Waals surface area (Å²) in [5.74, 6) is -1.83. The molecule has 19 heavy (non-hydrogen) atoms. The minimum absolute atomic E-state index is 0.170. The molecule has 1 aromatic rings. The predicted octanol–water partition coefficient (Wildman–Crippen LogP) is 1.12. The fourth-order valence-electron chi connectivity index (χ4n) is 1.71. The van der Waals surface area contributed by atoms with E-state index in [1.807, 2.05) is 0 Å². The maximum atomic E-state index is 13.0. The van der Waals surface area contributed by atoms with E-state index in [1.54, 1.807) is 0 Å². The van der Waals surface area contributed by atoms with Crippen molar-refractivity contribution in [3.63, 3.8) is 0 Å². The van der Waals surface area contributed by atoms with E-state index in [2.05, 4.69) is 26.6 Å². The normalized spacial score (nSPS) is 18.9. The summed E-state index contributed by atoms with van der Waals surface area (Å²) in [6.07, 6.45) is 0.447. The Hall–Kier alpha value is -1.76. The molecule has 2 N–H and O–H groups in total. The van der Waals surface area contributed by atoms with Crippen molar-refractivity contribution >= 4 is 33.7 Å². The van der Waals surface area contributed by atoms with E-state index in [-0.39, 0.29) is 28.8 Å². The lowest BCUT2D eigenvalue weighted by Crippen LogP contribution is -2.52. The van der Waals surface area contributed by atoms with E-state index in [1.165, 1.54) is 12.1 Å². The molecule has 1 aliphatic rings. The van der Waals surface area contributed by atoms with Crippen LogP contribution in [0.4, 0.5) is 4.39 Å². The first kappa shape index (κ1) is 13.7. The second-order valence-corrected chi connectivity index (χ2v) is 4.96. The SMILES string of the molecule is O=C1CCC(NC(=O)c2ccc(F)c(Br)c2)C(=O)N1. The number of rotatable bonds is 2. The Morgan fingerprint density at radius 3 is 2.79 bits per heavy atom. The Morgan fingerprint density at radius 2 is 2.16 bits per heavy atom. The summed E-state index contributed by atoms with van der Waals surface area (Å²) in [6, 6.07) is 3.07. The van der Waals surface area contributed by atoms with Crippen LogP contribution in [0.5, 0.6) is 0 Å². The van der Waals surface area contributed by atoms with Crippen molar-refractivity contribution in [2.75, 3.05) is 0 Å². The summed E-state index contributed by atoms with van der Waals surface area (Å²) in [5.41, 5.74) is 0.234. The lowest BCUT2D eigenvalue weighted by Gasteiger charge is -2.21. The van der Waals surface area contributed by atoms with E-state index in [9.17, 15) is 18.8 Å². The molecule has 1 heterocycles. The van der Waals surface area contributed by atoms with Gasteiger partial charge in [0, 0.05) is 12.0 Å². The number of nitrogens with one attached hydrogen (secondary N) is 2. The molecule has 0 radical (unpaired) electrons. The summed E-state index contributed by atoms with van der Waals surface area (Å²) in [5, 5.41) is 4.65. The Morgan fingerprint density at radius 1 is 1.42 bits per heavy atom. The van der Waals surface area contributed by atoms with E-state index in [0.29, 0.717) is 0 Å². The van der Waals surface area contributed by atoms with Crippen LogP contribution in [0, 0.1) is 5.82 Å². The highest BCUT2D eigenvalue weighted by atomic mass is 79.9. The molecule has 1 fully saturated rings. The first-order valence-electron chi connectivity index (χ1n) is 5.57. The van der Waals surface area contributed by atoms with Crippen molar-refractivity contribution in [3.8, 4) is 0 Å². The number of carbonyl (C=O) groups is 3. The van der Waals surface area contributed by atoms with Crippen LogP contribution in [0.25, 0.3) is 0 Å². The summed E-state index contributed by atoms with van der Waals surface area (Å²) in [7, 11) is 0. The maximum Gasteiger partial charge on any atom is 0.251 e. The maximum absolute atomic E-state index is 13.0. The van der Waals surface area contributed by atoms with Gasteiger partial charge in [-0.05, 0) is 40.5 Å². The second kappa shape index (κ2) is 5.48. The van der Waals surface area contributed by atoms with Crippen LogP contribution >= 0.6 is 15.9 Å². The molecule has 0 aliphatic carbocycles. The molecule has 0 saturated carbocycles. The molecule has 1 saturated heterocycles. The van der Waals surface area contributed by atoms with E-state index < -0.39 is 23.7 Å². The largest absolute Gasteiger partial charge is 0.340 e. The standard InChI is InChI=1S/C12H10BrFN2O3/c13-7-5-6(1-2-8(7)14)11(18)15-9-3-4-10(17)16-12(9)19/h1-2,5,9H,3-4H2,(H,15,18)(H,16,17,19). The van der Waals surface area contributed by atoms with Crippen molar-refractivity contribution in [1.82, 2.24) is 10.6 Å². The molecule has 0 bridgehead atoms. The van der Waals surface area contributed by atoms with Crippen LogP contribution in [-0.2, 0) is 9.59 Å². The molecular formula is C12H10BrFN2O3. The van der Waals surface area contributed by atoms with Crippen LogP contribution < -0.4 is 10.6 Å². The molecule has 7 heteroatoms. The molecule has 1 aromatic carbocycles. The van der Waals surface area contributed by atoms with E-state index >= 15 is 0 Å². The van der Waals surface area contributed by atoms with Gasteiger partial charge in [0.1, 0.15) is 11.9 Å². The van der Waals surface area contributed by atoms with E-state index in [0.717, 1.165) is 6.07 Å². The van der Waals surface area contributed by atoms with Gasteiger partial charge in [0.05, 0.1) is 4.47 Å². The third kappa shape index (κ3) is 3.17. The van der Waals surface area contributed by atoms with Crippen molar-refractivity contribution in [2.24, 2.45) is 0 Å². The van der Waals surface area contributed by atoms with Crippen LogP contribution in [0.3, 0.4) is 0 Å². The Bertz CT molecular complexity index is 562. The quantitative estimate of drug-likeness (QED) is 0.799. The lowest BCUT2D eigenvalue weighted by molar-refractivity contribution is -0.134. The van der Waals surface area contributed by atoms with Gasteiger partial charge in [-0.2, -0.15) is 0 Å². The third-order valence-corrected chi connectivity index (χ3v) is 3.33. The molecular weight excluding hydrogens is 319 g/mol. The first-order valence-corrected chi connectivity index (χ1v) is 6.36. The lowest BCUT2D eigenvalue weighted by atomic mass is 10.1. The topological polar surface area (TPSA) is 75.3 Å². The molecule has 100 valence electrons. The number of imide groups is 1. The first-order chi connectivity index (χ1) is 8.97. The smallest absolute Gasteiger partial charge is 0.251 e. The number of halogens is 2. The highest BCUT2D eigenvalue weighted by Crippen LogP contribution is 2.17. The zero-order chi connectivity index (χ0) is 14.0. The third-order valence-electron chi connectivity index (χ3n) is 2.73. The number of carbonyl (C=O) groups excluding carboxylic acids is 3. The highest BCUT2D eigenvalue weighted by Gasteiger charge is 2.28. The number of benzene rings is 1. The summed E-state index contributed by atoms with van der Waals surface area (Å²) < 4.78 is 13.2. The zero-order valence-electron chi connectivity index (χ0n) is 9.70. The Balaban J connectivity index is 2.06. The fourth-order valence-corrected chi connectivity index (χ4v) is 2.09. The fraction of sp³-hybridized carbons (Fsp3) is 0.250. The molecule has 5 nitrogen and oxygen atoms in total. The van der Waals surface area contributed by atoms with Gasteiger partial charge in [0.2, 0.25) is 11.8 Å². The summed E-state index contributed by atoms with van der Waals surface area (Å²) >= 11 is 2.98. The van der Waals surface area contributed by atoms with Gasteiger partial charge in [0.15, 0.2) is 0 Å². The van der Waals surface area contributed by atoms with Gasteiger partial charge in [-0.15, -0.1) is 0 Å². The van der Waals surface area contributed by atoms with Gasteiger partial charge in [0.25, 0.3) is 5.91 Å². The molecule has 0 spiro atoms. The minimum Gasteiger partial charge on any atom is -0.340 e. The number of hydrogen-bond acceptors (Lipinski definition) is 3. The average molecular weight is 329 g/mol. The highest BCUT2D eigenvalue weighted by molar-refractivity contribution is 9.10. The van der Waals surface area contributed by atoms with Crippen molar-refractivity contribution in [1.29, 1.82) is 0 Å². The van der Waals surface area contributed by atoms with Gasteiger partial charge in [-0.1, -0.05) is 0 Å². The van der Waals surface area contributed by atoms with Crippen LogP contribution in [0.1, 0.15) is 23.2 Å². The number of piperidine rings is 1. The number of hydrogen-bond donors (Lipinski definition) is 2. The summed E-state index contributed by atoms with van der Waals surface area (Å²) in [6.45, 7) is 0. The monoisotopic (exact) mass is 328 g/mol. The van der Waals surface area contributed by atoms with Crippen LogP contribution in [0.2, 0.25) is 0 Å². The van der Waals surface area contributed by atoms with Gasteiger partial charge >= 0.3 is 0 Å². The van der Waals surface area contributed by atoms with Crippen LogP contribution in [0.15, 0.2) is 22.7 Å². The van der Waals surface area contributed by atoms with Crippen molar-refractivity contribution in [3.05, 3.63) is 34.1 Å². The van der Waals surface area contributed by atoms with E-state index in [4.69, 9.17) is 0 Å². The van der Waals surface area contributed by atoms with Gasteiger partial charge in [-0.3, -0.25) is 19.7 Å². The molecule has 0 aromatic heterocycles. The molecule has 1 atom stereocenters. The molecule has 1 aliphatic heterocycles. The minimum atomic E-state index is -0.742. The predicted molar refractivity (Wildman–Crippen MR) is 67.7 cm³/mol. The second-order valence-electron chi connectivity index (χ2n) is 4.11. The molecule has 2 rings (SSSR count). The summed E-state index contributed by atoms with van der Waals surface area (Å²) in [4.78, 5) is 34.3. The van der Waals surface area contributed by atoms with Gasteiger partial charge < -0.3 is 5.32 Å². The molecule has 1 unspecified atom stereocenters. The molecule has 3 amide bonds.